The molecule has 0 spiro atoms. The van der Waals surface area contributed by atoms with Crippen LogP contribution in [0.2, 0.25) is 15.1 Å². The van der Waals surface area contributed by atoms with Crippen LogP contribution in [0.25, 0.3) is 6.08 Å². The van der Waals surface area contributed by atoms with Gasteiger partial charge in [-0.05, 0) is 59.7 Å². The van der Waals surface area contributed by atoms with E-state index in [0.717, 1.165) is 22.9 Å². The van der Waals surface area contributed by atoms with Crippen molar-refractivity contribution in [3.05, 3.63) is 103 Å². The fraction of sp³-hybridized carbons (Fsp3) is 0.120. The molecule has 3 aromatic carbocycles. The van der Waals surface area contributed by atoms with Crippen LogP contribution in [-0.2, 0) is 17.9 Å². The summed E-state index contributed by atoms with van der Waals surface area (Å²) in [5, 5.41) is 0.773. The van der Waals surface area contributed by atoms with Crippen molar-refractivity contribution in [1.82, 2.24) is 4.90 Å². The zero-order valence-corrected chi connectivity index (χ0v) is 20.6. The molecule has 0 aromatic heterocycles. The normalized spacial score (nSPS) is 14.9. The molecule has 0 atom stereocenters. The van der Waals surface area contributed by atoms with Crippen LogP contribution in [-0.4, -0.2) is 16.0 Å². The van der Waals surface area contributed by atoms with Crippen molar-refractivity contribution in [3.8, 4) is 5.75 Å². The lowest BCUT2D eigenvalue weighted by atomic mass is 10.1. The van der Waals surface area contributed by atoms with E-state index in [0.29, 0.717) is 38.6 Å². The van der Waals surface area contributed by atoms with Crippen LogP contribution in [0.4, 0.5) is 4.79 Å². The molecule has 0 bridgehead atoms. The average molecular weight is 519 g/mol. The maximum atomic E-state index is 12.8. The molecule has 0 unspecified atom stereocenters. The number of halogens is 3. The van der Waals surface area contributed by atoms with Crippen LogP contribution in [0.15, 0.2) is 65.6 Å². The van der Waals surface area contributed by atoms with Gasteiger partial charge in [-0.2, -0.15) is 0 Å². The Morgan fingerprint density at radius 1 is 0.939 bits per heavy atom. The molecule has 0 saturated carbocycles. The van der Waals surface area contributed by atoms with E-state index in [2.05, 4.69) is 0 Å². The number of carbonyl (C=O) groups excluding carboxylic acids is 2. The summed E-state index contributed by atoms with van der Waals surface area (Å²) in [5.41, 5.74) is 3.42. The van der Waals surface area contributed by atoms with Gasteiger partial charge in [-0.15, -0.1) is 0 Å². The van der Waals surface area contributed by atoms with Crippen molar-refractivity contribution < 1.29 is 14.3 Å². The Morgan fingerprint density at radius 2 is 1.67 bits per heavy atom. The van der Waals surface area contributed by atoms with Crippen LogP contribution < -0.4 is 4.74 Å². The Morgan fingerprint density at radius 3 is 2.36 bits per heavy atom. The number of aryl methyl sites for hydroxylation is 1. The van der Waals surface area contributed by atoms with Crippen LogP contribution in [0, 0.1) is 6.92 Å². The van der Waals surface area contributed by atoms with Gasteiger partial charge in [0.2, 0.25) is 0 Å². The van der Waals surface area contributed by atoms with E-state index < -0.39 is 5.91 Å². The Hall–Kier alpha value is -2.44. The Kier molecular flexibility index (Phi) is 7.35. The van der Waals surface area contributed by atoms with Gasteiger partial charge < -0.3 is 4.74 Å². The van der Waals surface area contributed by atoms with Gasteiger partial charge in [-0.3, -0.25) is 14.5 Å². The molecular formula is C25H18Cl3NO3S. The van der Waals surface area contributed by atoms with Crippen LogP contribution in [0.1, 0.15) is 22.3 Å². The van der Waals surface area contributed by atoms with Gasteiger partial charge in [-0.25, -0.2) is 0 Å². The lowest BCUT2D eigenvalue weighted by Gasteiger charge is -2.13. The highest BCUT2D eigenvalue weighted by Gasteiger charge is 2.35. The zero-order chi connectivity index (χ0) is 23.5. The van der Waals surface area contributed by atoms with Crippen molar-refractivity contribution in [2.75, 3.05) is 0 Å². The smallest absolute Gasteiger partial charge is 0.293 e. The molecule has 168 valence electrons. The molecule has 1 aliphatic heterocycles. The molecule has 8 heteroatoms. The van der Waals surface area contributed by atoms with Crippen molar-refractivity contribution >= 4 is 63.8 Å². The summed E-state index contributed by atoms with van der Waals surface area (Å²) in [7, 11) is 0. The van der Waals surface area contributed by atoms with Gasteiger partial charge in [0, 0.05) is 5.02 Å². The monoisotopic (exact) mass is 517 g/mol. The first-order valence-electron chi connectivity index (χ1n) is 9.98. The van der Waals surface area contributed by atoms with Gasteiger partial charge in [0.25, 0.3) is 11.1 Å². The molecule has 4 rings (SSSR count). The summed E-state index contributed by atoms with van der Waals surface area (Å²) in [5.74, 6) is -0.0271. The van der Waals surface area contributed by atoms with E-state index in [-0.39, 0.29) is 16.7 Å². The molecule has 1 heterocycles. The van der Waals surface area contributed by atoms with E-state index in [1.807, 2.05) is 37.3 Å². The second kappa shape index (κ2) is 10.2. The first kappa shape index (κ1) is 23.7. The highest BCUT2D eigenvalue weighted by Crippen LogP contribution is 2.38. The number of nitrogens with zero attached hydrogens (tertiary/aromatic N) is 1. The zero-order valence-electron chi connectivity index (χ0n) is 17.5. The van der Waals surface area contributed by atoms with Gasteiger partial charge in [0.15, 0.2) is 5.75 Å². The van der Waals surface area contributed by atoms with Crippen molar-refractivity contribution in [1.29, 1.82) is 0 Å². The van der Waals surface area contributed by atoms with E-state index >= 15 is 0 Å². The standard InChI is InChI=1S/C25H18Cl3NO3S/c1-15-5-4-6-16(9-15)14-32-23-20(27)10-17(11-21(23)28)12-22-24(30)29(25(31)33-22)13-18-7-2-3-8-19(18)26/h2-12H,13-14H2,1H3/b22-12-. The molecular weight excluding hydrogens is 501 g/mol. The molecule has 1 aliphatic rings. The largest absolute Gasteiger partial charge is 0.486 e. The number of hydrogen-bond donors (Lipinski definition) is 0. The Balaban J connectivity index is 1.51. The summed E-state index contributed by atoms with van der Waals surface area (Å²) in [6.45, 7) is 2.44. The highest BCUT2D eigenvalue weighted by atomic mass is 35.5. The minimum absolute atomic E-state index is 0.106. The molecule has 0 radical (unpaired) electrons. The first-order valence-corrected chi connectivity index (χ1v) is 11.9. The molecule has 0 N–H and O–H groups in total. The second-order valence-corrected chi connectivity index (χ2v) is 9.67. The molecule has 4 nitrogen and oxygen atoms in total. The summed E-state index contributed by atoms with van der Waals surface area (Å²) < 4.78 is 5.83. The average Bonchev–Trinajstić information content (AvgIpc) is 3.02. The highest BCUT2D eigenvalue weighted by molar-refractivity contribution is 8.18. The van der Waals surface area contributed by atoms with E-state index in [1.54, 1.807) is 36.4 Å². The number of amides is 2. The topological polar surface area (TPSA) is 46.6 Å². The lowest BCUT2D eigenvalue weighted by Crippen LogP contribution is -2.27. The van der Waals surface area contributed by atoms with Crippen molar-refractivity contribution in [2.24, 2.45) is 0 Å². The maximum Gasteiger partial charge on any atom is 0.293 e. The summed E-state index contributed by atoms with van der Waals surface area (Å²) in [4.78, 5) is 26.7. The number of benzene rings is 3. The molecule has 3 aromatic rings. The van der Waals surface area contributed by atoms with E-state index in [1.165, 1.54) is 4.90 Å². The van der Waals surface area contributed by atoms with Crippen molar-refractivity contribution in [2.45, 2.75) is 20.1 Å². The first-order chi connectivity index (χ1) is 15.8. The SMILES string of the molecule is Cc1cccc(COc2c(Cl)cc(/C=C3\SC(=O)N(Cc4ccccc4Cl)C3=O)cc2Cl)c1. The predicted molar refractivity (Wildman–Crippen MR) is 135 cm³/mol. The lowest BCUT2D eigenvalue weighted by molar-refractivity contribution is -0.123. The van der Waals surface area contributed by atoms with E-state index in [4.69, 9.17) is 39.5 Å². The summed E-state index contributed by atoms with van der Waals surface area (Å²) in [6.07, 6.45) is 1.60. The van der Waals surface area contributed by atoms with Crippen molar-refractivity contribution in [3.63, 3.8) is 0 Å². The molecule has 33 heavy (non-hydrogen) atoms. The number of carbonyl (C=O) groups is 2. The quantitative estimate of drug-likeness (QED) is 0.313. The summed E-state index contributed by atoms with van der Waals surface area (Å²) >= 11 is 19.9. The second-order valence-electron chi connectivity index (χ2n) is 7.45. The number of thioether (sulfide) groups is 1. The van der Waals surface area contributed by atoms with Gasteiger partial charge >= 0.3 is 0 Å². The molecule has 1 saturated heterocycles. The predicted octanol–water partition coefficient (Wildman–Crippen LogP) is 7.77. The number of hydrogen-bond acceptors (Lipinski definition) is 4. The minimum atomic E-state index is -0.392. The molecule has 2 amide bonds. The van der Waals surface area contributed by atoms with E-state index in [9.17, 15) is 9.59 Å². The Labute approximate surface area is 211 Å². The van der Waals surface area contributed by atoms with Gasteiger partial charge in [0.05, 0.1) is 21.5 Å². The third kappa shape index (κ3) is 5.56. The summed E-state index contributed by atoms with van der Waals surface area (Å²) in [6, 6.07) is 18.4. The minimum Gasteiger partial charge on any atom is -0.486 e. The third-order valence-electron chi connectivity index (χ3n) is 4.94. The molecule has 1 fully saturated rings. The van der Waals surface area contributed by atoms with Gasteiger partial charge in [-0.1, -0.05) is 82.8 Å². The Bertz CT molecular complexity index is 1250. The third-order valence-corrected chi connectivity index (χ3v) is 6.78. The van der Waals surface area contributed by atoms with Crippen LogP contribution in [0.5, 0.6) is 5.75 Å². The number of rotatable bonds is 6. The number of imide groups is 1. The fourth-order valence-electron chi connectivity index (χ4n) is 3.34. The number of ether oxygens (including phenoxy) is 1. The maximum absolute atomic E-state index is 12.8. The van der Waals surface area contributed by atoms with Crippen LogP contribution >= 0.6 is 46.6 Å². The van der Waals surface area contributed by atoms with Gasteiger partial charge in [0.1, 0.15) is 6.61 Å². The molecule has 0 aliphatic carbocycles. The van der Waals surface area contributed by atoms with Crippen LogP contribution in [0.3, 0.4) is 0 Å². The fourth-order valence-corrected chi connectivity index (χ4v) is 4.99.